The Hall–Kier alpha value is -1.39. The second-order valence-electron chi connectivity index (χ2n) is 7.46. The van der Waals surface area contributed by atoms with E-state index < -0.39 is 0 Å². The lowest BCUT2D eigenvalue weighted by atomic mass is 10.1. The molecule has 0 spiro atoms. The minimum absolute atomic E-state index is 0.0691. The fraction of sp³-hybridized carbons (Fsp3) is 0.632. The molecule has 0 radical (unpaired) electrons. The largest absolute Gasteiger partial charge is 0.325 e. The minimum atomic E-state index is 0.0691. The van der Waals surface area contributed by atoms with Crippen LogP contribution in [0.4, 0.5) is 5.69 Å². The molecule has 2 aliphatic rings. The molecule has 1 saturated carbocycles. The lowest BCUT2D eigenvalue weighted by molar-refractivity contribution is -0.115. The number of carbonyl (C=O) groups is 1. The Morgan fingerprint density at radius 2 is 2.13 bits per heavy atom. The van der Waals surface area contributed by atoms with E-state index in [0.717, 1.165) is 43.7 Å². The third-order valence-corrected chi connectivity index (χ3v) is 4.76. The summed E-state index contributed by atoms with van der Waals surface area (Å²) in [7, 11) is 0. The lowest BCUT2D eigenvalue weighted by Gasteiger charge is -2.16. The van der Waals surface area contributed by atoms with Crippen LogP contribution in [0.1, 0.15) is 44.2 Å². The SMILES string of the molecule is CC(C)CCN1Cc2cccc(NC(=O)CNCC3CC3)c2C1. The van der Waals surface area contributed by atoms with Crippen LogP contribution in [-0.2, 0) is 17.9 Å². The van der Waals surface area contributed by atoms with Gasteiger partial charge in [-0.3, -0.25) is 9.69 Å². The first-order valence-corrected chi connectivity index (χ1v) is 8.95. The predicted octanol–water partition coefficient (Wildman–Crippen LogP) is 2.99. The van der Waals surface area contributed by atoms with Crippen molar-refractivity contribution in [1.29, 1.82) is 0 Å². The summed E-state index contributed by atoms with van der Waals surface area (Å²) in [6, 6.07) is 6.27. The van der Waals surface area contributed by atoms with Gasteiger partial charge in [-0.25, -0.2) is 0 Å². The molecule has 4 nitrogen and oxygen atoms in total. The third kappa shape index (κ3) is 4.79. The molecule has 0 bridgehead atoms. The smallest absolute Gasteiger partial charge is 0.238 e. The molecule has 1 heterocycles. The number of hydrogen-bond donors (Lipinski definition) is 2. The Morgan fingerprint density at radius 3 is 2.87 bits per heavy atom. The van der Waals surface area contributed by atoms with Gasteiger partial charge in [-0.15, -0.1) is 0 Å². The zero-order chi connectivity index (χ0) is 16.2. The average Bonchev–Trinajstić information content (AvgIpc) is 3.22. The van der Waals surface area contributed by atoms with Crippen LogP contribution in [-0.4, -0.2) is 30.4 Å². The maximum Gasteiger partial charge on any atom is 0.238 e. The summed E-state index contributed by atoms with van der Waals surface area (Å²) in [5, 5.41) is 6.35. The van der Waals surface area contributed by atoms with Crippen molar-refractivity contribution in [3.63, 3.8) is 0 Å². The highest BCUT2D eigenvalue weighted by Crippen LogP contribution is 2.30. The fourth-order valence-electron chi connectivity index (χ4n) is 3.11. The third-order valence-electron chi connectivity index (χ3n) is 4.76. The van der Waals surface area contributed by atoms with Gasteiger partial charge in [0.25, 0.3) is 0 Å². The Bertz CT molecular complexity index is 552. The molecule has 1 aromatic carbocycles. The summed E-state index contributed by atoms with van der Waals surface area (Å²) in [6.07, 6.45) is 3.85. The quantitative estimate of drug-likeness (QED) is 0.775. The molecule has 23 heavy (non-hydrogen) atoms. The Labute approximate surface area is 139 Å². The first kappa shape index (κ1) is 16.5. The molecule has 0 unspecified atom stereocenters. The summed E-state index contributed by atoms with van der Waals surface area (Å²) in [4.78, 5) is 14.6. The van der Waals surface area contributed by atoms with E-state index in [1.807, 2.05) is 6.07 Å². The average molecular weight is 315 g/mol. The van der Waals surface area contributed by atoms with Crippen molar-refractivity contribution in [3.8, 4) is 0 Å². The normalized spacial score (nSPS) is 17.5. The molecule has 1 aliphatic carbocycles. The molecule has 3 rings (SSSR count). The number of anilines is 1. The monoisotopic (exact) mass is 315 g/mol. The number of hydrogen-bond acceptors (Lipinski definition) is 3. The van der Waals surface area contributed by atoms with Crippen molar-refractivity contribution < 1.29 is 4.79 Å². The number of nitrogens with one attached hydrogen (secondary N) is 2. The molecule has 4 heteroatoms. The molecule has 2 N–H and O–H groups in total. The zero-order valence-corrected chi connectivity index (χ0v) is 14.4. The number of amides is 1. The fourth-order valence-corrected chi connectivity index (χ4v) is 3.11. The second kappa shape index (κ2) is 7.45. The van der Waals surface area contributed by atoms with Crippen LogP contribution in [0.15, 0.2) is 18.2 Å². The summed E-state index contributed by atoms with van der Waals surface area (Å²) >= 11 is 0. The van der Waals surface area contributed by atoms with E-state index in [9.17, 15) is 4.79 Å². The van der Waals surface area contributed by atoms with Crippen molar-refractivity contribution in [2.45, 2.75) is 46.2 Å². The van der Waals surface area contributed by atoms with Gasteiger partial charge < -0.3 is 10.6 Å². The van der Waals surface area contributed by atoms with Gasteiger partial charge in [0.05, 0.1) is 6.54 Å². The maximum atomic E-state index is 12.1. The van der Waals surface area contributed by atoms with Crippen molar-refractivity contribution in [3.05, 3.63) is 29.3 Å². The van der Waals surface area contributed by atoms with Gasteiger partial charge in [0.15, 0.2) is 0 Å². The molecule has 1 fully saturated rings. The number of benzene rings is 1. The van der Waals surface area contributed by atoms with Gasteiger partial charge >= 0.3 is 0 Å². The van der Waals surface area contributed by atoms with Crippen LogP contribution in [0.5, 0.6) is 0 Å². The highest BCUT2D eigenvalue weighted by Gasteiger charge is 2.23. The molecule has 0 atom stereocenters. The van der Waals surface area contributed by atoms with Crippen LogP contribution in [0.3, 0.4) is 0 Å². The summed E-state index contributed by atoms with van der Waals surface area (Å²) in [6.45, 7) is 9.01. The van der Waals surface area contributed by atoms with E-state index in [4.69, 9.17) is 0 Å². The summed E-state index contributed by atoms with van der Waals surface area (Å²) in [5.41, 5.74) is 3.65. The molecular weight excluding hydrogens is 286 g/mol. The van der Waals surface area contributed by atoms with E-state index >= 15 is 0 Å². The zero-order valence-electron chi connectivity index (χ0n) is 14.4. The van der Waals surface area contributed by atoms with Gasteiger partial charge in [0.1, 0.15) is 0 Å². The van der Waals surface area contributed by atoms with E-state index in [0.29, 0.717) is 6.54 Å². The standard InChI is InChI=1S/C19H29N3O/c1-14(2)8-9-22-12-16-4-3-5-18(17(16)13-22)21-19(23)11-20-10-15-6-7-15/h3-5,14-15,20H,6-13H2,1-2H3,(H,21,23). The predicted molar refractivity (Wildman–Crippen MR) is 94.2 cm³/mol. The Kier molecular flexibility index (Phi) is 5.34. The highest BCUT2D eigenvalue weighted by molar-refractivity contribution is 5.93. The van der Waals surface area contributed by atoms with E-state index in [1.165, 1.54) is 30.4 Å². The first-order valence-electron chi connectivity index (χ1n) is 8.95. The van der Waals surface area contributed by atoms with E-state index in [-0.39, 0.29) is 5.91 Å². The van der Waals surface area contributed by atoms with Crippen LogP contribution >= 0.6 is 0 Å². The topological polar surface area (TPSA) is 44.4 Å². The number of fused-ring (bicyclic) bond motifs is 1. The molecule has 0 aromatic heterocycles. The molecular formula is C19H29N3O. The second-order valence-corrected chi connectivity index (χ2v) is 7.46. The number of rotatable bonds is 8. The number of nitrogens with zero attached hydrogens (tertiary/aromatic N) is 1. The highest BCUT2D eigenvalue weighted by atomic mass is 16.1. The van der Waals surface area contributed by atoms with E-state index in [2.05, 4.69) is 41.5 Å². The Balaban J connectivity index is 1.53. The minimum Gasteiger partial charge on any atom is -0.325 e. The van der Waals surface area contributed by atoms with Crippen LogP contribution < -0.4 is 10.6 Å². The molecule has 0 saturated heterocycles. The van der Waals surface area contributed by atoms with Gasteiger partial charge in [0, 0.05) is 18.8 Å². The summed E-state index contributed by atoms with van der Waals surface area (Å²) in [5.74, 6) is 1.60. The van der Waals surface area contributed by atoms with Gasteiger partial charge in [-0.05, 0) is 61.4 Å². The lowest BCUT2D eigenvalue weighted by Crippen LogP contribution is -2.29. The maximum absolute atomic E-state index is 12.1. The van der Waals surface area contributed by atoms with E-state index in [1.54, 1.807) is 0 Å². The molecule has 1 aliphatic heterocycles. The van der Waals surface area contributed by atoms with Crippen molar-refractivity contribution >= 4 is 11.6 Å². The summed E-state index contributed by atoms with van der Waals surface area (Å²) < 4.78 is 0. The van der Waals surface area contributed by atoms with Crippen LogP contribution in [0.2, 0.25) is 0 Å². The van der Waals surface area contributed by atoms with Gasteiger partial charge in [-0.2, -0.15) is 0 Å². The van der Waals surface area contributed by atoms with Crippen molar-refractivity contribution in [2.75, 3.05) is 25.0 Å². The molecule has 1 amide bonds. The van der Waals surface area contributed by atoms with Crippen molar-refractivity contribution in [2.24, 2.45) is 11.8 Å². The first-order chi connectivity index (χ1) is 11.1. The van der Waals surface area contributed by atoms with Crippen molar-refractivity contribution in [1.82, 2.24) is 10.2 Å². The van der Waals surface area contributed by atoms with Gasteiger partial charge in [0.2, 0.25) is 5.91 Å². The van der Waals surface area contributed by atoms with Crippen LogP contribution in [0, 0.1) is 11.8 Å². The van der Waals surface area contributed by atoms with Gasteiger partial charge in [-0.1, -0.05) is 26.0 Å². The molecule has 1 aromatic rings. The van der Waals surface area contributed by atoms with Crippen LogP contribution in [0.25, 0.3) is 0 Å². The molecule has 126 valence electrons. The number of carbonyl (C=O) groups excluding carboxylic acids is 1. The Morgan fingerprint density at radius 1 is 1.30 bits per heavy atom.